The Kier molecular flexibility index (Phi) is 6.11. The lowest BCUT2D eigenvalue weighted by Gasteiger charge is -2.06. The molecule has 6 nitrogen and oxygen atoms in total. The van der Waals surface area contributed by atoms with Crippen LogP contribution in [0.3, 0.4) is 0 Å². The van der Waals surface area contributed by atoms with E-state index in [0.29, 0.717) is 20.8 Å². The first-order valence-electron chi connectivity index (χ1n) is 9.43. The van der Waals surface area contributed by atoms with Crippen LogP contribution < -0.4 is 9.54 Å². The molecule has 0 radical (unpaired) electrons. The summed E-state index contributed by atoms with van der Waals surface area (Å²) in [6.07, 6.45) is 3.32. The second kappa shape index (κ2) is 8.95. The van der Waals surface area contributed by atoms with E-state index in [-0.39, 0.29) is 5.75 Å². The highest BCUT2D eigenvalue weighted by molar-refractivity contribution is 9.10. The molecule has 2 heterocycles. The number of phenolic OH excluding ortho intramolecular Hbond substituents is 1. The van der Waals surface area contributed by atoms with Gasteiger partial charge in [-0.3, -0.25) is 0 Å². The minimum atomic E-state index is 0.0460. The van der Waals surface area contributed by atoms with Gasteiger partial charge in [0.2, 0.25) is 4.80 Å². The average molecular weight is 498 g/mol. The second-order valence-electron chi connectivity index (χ2n) is 6.89. The van der Waals surface area contributed by atoms with E-state index in [4.69, 9.17) is 14.1 Å². The number of hydrogen-bond acceptors (Lipinski definition) is 6. The van der Waals surface area contributed by atoms with Crippen molar-refractivity contribution < 1.29 is 14.3 Å². The quantitative estimate of drug-likeness (QED) is 0.342. The van der Waals surface area contributed by atoms with Crippen LogP contribution in [0.4, 0.5) is 5.69 Å². The first-order chi connectivity index (χ1) is 15.0. The smallest absolute Gasteiger partial charge is 0.211 e. The van der Waals surface area contributed by atoms with E-state index in [1.165, 1.54) is 18.4 Å². The Balaban J connectivity index is 1.85. The molecule has 2 aromatic carbocycles. The van der Waals surface area contributed by atoms with E-state index in [1.54, 1.807) is 29.3 Å². The van der Waals surface area contributed by atoms with Crippen LogP contribution in [0.2, 0.25) is 0 Å². The van der Waals surface area contributed by atoms with E-state index >= 15 is 0 Å². The molecular weight excluding hydrogens is 478 g/mol. The molecule has 0 aliphatic rings. The number of ether oxygens (including phenoxy) is 1. The molecule has 0 spiro atoms. The molecule has 0 aliphatic heterocycles. The summed E-state index contributed by atoms with van der Waals surface area (Å²) in [7, 11) is 1.51. The van der Waals surface area contributed by atoms with Gasteiger partial charge in [-0.1, -0.05) is 12.1 Å². The van der Waals surface area contributed by atoms with Crippen molar-refractivity contribution in [3.63, 3.8) is 0 Å². The third-order valence-corrected chi connectivity index (χ3v) is 6.05. The van der Waals surface area contributed by atoms with E-state index in [1.807, 2.05) is 31.4 Å². The molecule has 0 bridgehead atoms. The van der Waals surface area contributed by atoms with Gasteiger partial charge < -0.3 is 14.3 Å². The fourth-order valence-corrected chi connectivity index (χ4v) is 4.26. The molecule has 0 unspecified atom stereocenters. The van der Waals surface area contributed by atoms with Crippen molar-refractivity contribution in [3.8, 4) is 23.0 Å². The Bertz CT molecular complexity index is 1320. The van der Waals surface area contributed by atoms with Gasteiger partial charge in [0, 0.05) is 5.38 Å². The van der Waals surface area contributed by atoms with E-state index in [2.05, 4.69) is 39.2 Å². The van der Waals surface area contributed by atoms with Crippen molar-refractivity contribution in [2.24, 2.45) is 10.1 Å². The summed E-state index contributed by atoms with van der Waals surface area (Å²) >= 11 is 4.83. The number of hydrogen-bond donors (Lipinski definition) is 1. The maximum absolute atomic E-state index is 10.1. The molecule has 4 aromatic rings. The number of furan rings is 1. The third-order valence-electron chi connectivity index (χ3n) is 4.63. The number of rotatable bonds is 5. The summed E-state index contributed by atoms with van der Waals surface area (Å²) in [5.41, 5.74) is 4.67. The molecule has 1 N–H and O–H groups in total. The maximum Gasteiger partial charge on any atom is 0.211 e. The Labute approximate surface area is 191 Å². The fraction of sp³-hybridized carbons (Fsp3) is 0.130. The van der Waals surface area contributed by atoms with Crippen LogP contribution in [0, 0.1) is 13.8 Å². The zero-order valence-corrected chi connectivity index (χ0v) is 19.6. The van der Waals surface area contributed by atoms with Gasteiger partial charge in [0.1, 0.15) is 5.69 Å². The Hall–Kier alpha value is -3.10. The molecule has 0 saturated heterocycles. The van der Waals surface area contributed by atoms with Crippen LogP contribution in [0.5, 0.6) is 11.5 Å². The molecular formula is C23H20BrN3O3S. The number of phenols is 1. The van der Waals surface area contributed by atoms with Crippen molar-refractivity contribution in [1.82, 2.24) is 4.68 Å². The van der Waals surface area contributed by atoms with Gasteiger partial charge in [-0.2, -0.15) is 5.10 Å². The van der Waals surface area contributed by atoms with Crippen LogP contribution in [-0.2, 0) is 0 Å². The number of aromatic nitrogens is 1. The fourth-order valence-electron chi connectivity index (χ4n) is 2.97. The van der Waals surface area contributed by atoms with Gasteiger partial charge in [-0.25, -0.2) is 9.67 Å². The van der Waals surface area contributed by atoms with Gasteiger partial charge in [0.05, 0.1) is 29.7 Å². The van der Waals surface area contributed by atoms with Crippen molar-refractivity contribution in [1.29, 1.82) is 0 Å². The lowest BCUT2D eigenvalue weighted by molar-refractivity contribution is 0.372. The zero-order chi connectivity index (χ0) is 22.0. The van der Waals surface area contributed by atoms with Crippen molar-refractivity contribution in [2.75, 3.05) is 7.11 Å². The Morgan fingerprint density at radius 1 is 1.19 bits per heavy atom. The van der Waals surface area contributed by atoms with E-state index in [9.17, 15) is 5.11 Å². The van der Waals surface area contributed by atoms with E-state index < -0.39 is 0 Å². The maximum atomic E-state index is 10.1. The highest BCUT2D eigenvalue weighted by atomic mass is 79.9. The standard InChI is InChI=1S/C23H20BrN3O3S/c1-14-6-7-15(2)18(9-14)26-23-27(19(13-31-23)20-5-4-8-30-20)25-12-16-10-17(24)22(28)21(11-16)29-3/h4-13,28H,1-3H3. The molecule has 0 saturated carbocycles. The summed E-state index contributed by atoms with van der Waals surface area (Å²) < 4.78 is 13.1. The normalized spacial score (nSPS) is 12.1. The Morgan fingerprint density at radius 3 is 2.77 bits per heavy atom. The summed E-state index contributed by atoms with van der Waals surface area (Å²) in [5, 5.41) is 16.7. The highest BCUT2D eigenvalue weighted by Gasteiger charge is 2.11. The SMILES string of the molecule is COc1cc(C=Nn2c(-c3ccco3)csc2=Nc2cc(C)ccc2C)cc(Br)c1O. The average Bonchev–Trinajstić information content (AvgIpc) is 3.41. The molecule has 0 aliphatic carbocycles. The monoisotopic (exact) mass is 497 g/mol. The van der Waals surface area contributed by atoms with Gasteiger partial charge in [-0.05, 0) is 76.8 Å². The largest absolute Gasteiger partial charge is 0.503 e. The lowest BCUT2D eigenvalue weighted by Crippen LogP contribution is -2.11. The zero-order valence-electron chi connectivity index (χ0n) is 17.2. The molecule has 31 heavy (non-hydrogen) atoms. The van der Waals surface area contributed by atoms with Crippen LogP contribution in [-0.4, -0.2) is 23.1 Å². The van der Waals surface area contributed by atoms with E-state index in [0.717, 1.165) is 28.1 Å². The lowest BCUT2D eigenvalue weighted by atomic mass is 10.1. The summed E-state index contributed by atoms with van der Waals surface area (Å²) in [5.74, 6) is 1.10. The number of methoxy groups -OCH3 is 1. The topological polar surface area (TPSA) is 72.2 Å². The third kappa shape index (κ3) is 4.50. The number of benzene rings is 2. The highest BCUT2D eigenvalue weighted by Crippen LogP contribution is 2.34. The first kappa shape index (κ1) is 21.1. The molecule has 0 atom stereocenters. The van der Waals surface area contributed by atoms with Gasteiger partial charge in [0.15, 0.2) is 17.3 Å². The summed E-state index contributed by atoms with van der Waals surface area (Å²) in [4.78, 5) is 5.57. The first-order valence-corrected chi connectivity index (χ1v) is 11.1. The molecule has 8 heteroatoms. The summed E-state index contributed by atoms with van der Waals surface area (Å²) in [6, 6.07) is 13.4. The number of halogens is 1. The minimum Gasteiger partial charge on any atom is -0.503 e. The van der Waals surface area contributed by atoms with Gasteiger partial charge >= 0.3 is 0 Å². The molecule has 158 valence electrons. The predicted molar refractivity (Wildman–Crippen MR) is 127 cm³/mol. The minimum absolute atomic E-state index is 0.0460. The molecule has 2 aromatic heterocycles. The number of aromatic hydroxyl groups is 1. The van der Waals surface area contributed by atoms with Crippen molar-refractivity contribution >= 4 is 39.2 Å². The van der Waals surface area contributed by atoms with Gasteiger partial charge in [0.25, 0.3) is 0 Å². The Morgan fingerprint density at radius 2 is 2.03 bits per heavy atom. The molecule has 0 fully saturated rings. The molecule has 0 amide bonds. The van der Waals surface area contributed by atoms with Crippen molar-refractivity contribution in [2.45, 2.75) is 13.8 Å². The van der Waals surface area contributed by atoms with Gasteiger partial charge in [-0.15, -0.1) is 11.3 Å². The van der Waals surface area contributed by atoms with Crippen LogP contribution in [0.15, 0.2) is 73.1 Å². The summed E-state index contributed by atoms with van der Waals surface area (Å²) in [6.45, 7) is 4.08. The van der Waals surface area contributed by atoms with Crippen LogP contribution >= 0.6 is 27.3 Å². The molecule has 4 rings (SSSR count). The van der Waals surface area contributed by atoms with Crippen LogP contribution in [0.1, 0.15) is 16.7 Å². The second-order valence-corrected chi connectivity index (χ2v) is 8.58. The predicted octanol–water partition coefficient (Wildman–Crippen LogP) is 6.02. The van der Waals surface area contributed by atoms with Crippen molar-refractivity contribution in [3.05, 3.63) is 80.1 Å². The van der Waals surface area contributed by atoms with Crippen LogP contribution in [0.25, 0.3) is 11.5 Å². The number of aryl methyl sites for hydroxylation is 2. The number of nitrogens with zero attached hydrogens (tertiary/aromatic N) is 3. The number of thiazole rings is 1.